The first-order valence-corrected chi connectivity index (χ1v) is 7.76. The molecule has 0 bridgehead atoms. The lowest BCUT2D eigenvalue weighted by Crippen LogP contribution is -2.59. The first kappa shape index (κ1) is 16.0. The second kappa shape index (κ2) is 6.19. The van der Waals surface area contributed by atoms with Gasteiger partial charge in [0.2, 0.25) is 0 Å². The lowest BCUT2D eigenvalue weighted by atomic mass is 10.0. The van der Waals surface area contributed by atoms with E-state index in [2.05, 4.69) is 35.9 Å². The summed E-state index contributed by atoms with van der Waals surface area (Å²) in [4.78, 5) is 9.10. The van der Waals surface area contributed by atoms with E-state index in [0.717, 1.165) is 42.2 Å². The quantitative estimate of drug-likeness (QED) is 0.374. The summed E-state index contributed by atoms with van der Waals surface area (Å²) in [7, 11) is 0. The number of piperazine rings is 1. The minimum atomic E-state index is -0.441. The van der Waals surface area contributed by atoms with Crippen LogP contribution in [0.3, 0.4) is 0 Å². The topological polar surface area (TPSA) is 78.0 Å². The fraction of sp³-hybridized carbons (Fsp3) is 0.571. The second-order valence-electron chi connectivity index (χ2n) is 5.76. The van der Waals surface area contributed by atoms with E-state index in [-0.39, 0.29) is 5.84 Å². The van der Waals surface area contributed by atoms with Crippen LogP contribution in [0.5, 0.6) is 0 Å². The van der Waals surface area contributed by atoms with Crippen molar-refractivity contribution in [2.45, 2.75) is 26.3 Å². The van der Waals surface area contributed by atoms with Crippen LogP contribution in [0.25, 0.3) is 0 Å². The van der Waals surface area contributed by atoms with Crippen LogP contribution in [0.2, 0.25) is 0 Å². The van der Waals surface area contributed by atoms with Crippen LogP contribution in [0.4, 0.5) is 5.82 Å². The maximum absolute atomic E-state index is 8.90. The predicted molar refractivity (Wildman–Crippen MR) is 87.9 cm³/mol. The number of halogens is 1. The summed E-state index contributed by atoms with van der Waals surface area (Å²) in [5.41, 5.74) is 6.34. The van der Waals surface area contributed by atoms with Gasteiger partial charge in [-0.15, -0.1) is 0 Å². The molecule has 0 unspecified atom stereocenters. The molecule has 1 aliphatic heterocycles. The van der Waals surface area contributed by atoms with Crippen molar-refractivity contribution in [3.8, 4) is 0 Å². The molecular formula is C14H22BrN5O. The van der Waals surface area contributed by atoms with E-state index in [4.69, 9.17) is 10.9 Å². The fourth-order valence-corrected chi connectivity index (χ4v) is 2.71. The number of oxime groups is 1. The Morgan fingerprint density at radius 2 is 1.95 bits per heavy atom. The van der Waals surface area contributed by atoms with Crippen LogP contribution in [0.15, 0.2) is 21.8 Å². The molecule has 0 aliphatic carbocycles. The van der Waals surface area contributed by atoms with Crippen molar-refractivity contribution in [1.82, 2.24) is 9.88 Å². The van der Waals surface area contributed by atoms with Gasteiger partial charge in [-0.05, 0) is 48.8 Å². The van der Waals surface area contributed by atoms with Gasteiger partial charge in [0.1, 0.15) is 5.82 Å². The zero-order valence-corrected chi connectivity index (χ0v) is 14.3. The molecule has 1 fully saturated rings. The van der Waals surface area contributed by atoms with Crippen LogP contribution in [0.1, 0.15) is 19.5 Å². The Labute approximate surface area is 133 Å². The van der Waals surface area contributed by atoms with Crippen molar-refractivity contribution in [1.29, 1.82) is 0 Å². The highest BCUT2D eigenvalue weighted by Gasteiger charge is 2.34. The molecule has 1 aromatic rings. The second-order valence-corrected chi connectivity index (χ2v) is 6.61. The number of rotatable bonds is 3. The summed E-state index contributed by atoms with van der Waals surface area (Å²) in [6, 6.07) is 4.06. The standard InChI is InChI=1S/C14H22BrN5O/c1-10-11(15)4-5-12(17-10)19-6-8-20(9-7-19)14(2,3)13(16)18-21/h4-5,21H,6-9H2,1-3H3,(H2,16,18). The van der Waals surface area contributed by atoms with Gasteiger partial charge in [0.25, 0.3) is 0 Å². The number of anilines is 1. The highest BCUT2D eigenvalue weighted by molar-refractivity contribution is 9.10. The average Bonchev–Trinajstić information content (AvgIpc) is 2.49. The molecular weight excluding hydrogens is 334 g/mol. The van der Waals surface area contributed by atoms with Gasteiger partial charge >= 0.3 is 0 Å². The van der Waals surface area contributed by atoms with Crippen LogP contribution < -0.4 is 10.6 Å². The van der Waals surface area contributed by atoms with E-state index in [1.165, 1.54) is 0 Å². The van der Waals surface area contributed by atoms with Gasteiger partial charge in [0.15, 0.2) is 5.84 Å². The minimum absolute atomic E-state index is 0.244. The van der Waals surface area contributed by atoms with Crippen LogP contribution in [-0.2, 0) is 0 Å². The lowest BCUT2D eigenvalue weighted by Gasteiger charge is -2.43. The zero-order valence-electron chi connectivity index (χ0n) is 12.7. The van der Waals surface area contributed by atoms with Gasteiger partial charge in [-0.3, -0.25) is 4.90 Å². The fourth-order valence-electron chi connectivity index (χ4n) is 2.49. The van der Waals surface area contributed by atoms with Crippen molar-refractivity contribution in [3.05, 3.63) is 22.3 Å². The number of hydrogen-bond donors (Lipinski definition) is 2. The Bertz CT molecular complexity index is 538. The Hall–Kier alpha value is -1.34. The summed E-state index contributed by atoms with van der Waals surface area (Å²) in [6.07, 6.45) is 0. The van der Waals surface area contributed by atoms with Crippen LogP contribution in [0, 0.1) is 6.92 Å². The maximum atomic E-state index is 8.90. The molecule has 0 amide bonds. The average molecular weight is 356 g/mol. The number of aryl methyl sites for hydroxylation is 1. The zero-order chi connectivity index (χ0) is 15.6. The SMILES string of the molecule is Cc1nc(N2CCN(C(C)(C)/C(N)=N/O)CC2)ccc1Br. The first-order valence-electron chi connectivity index (χ1n) is 6.97. The molecule has 1 aromatic heterocycles. The summed E-state index contributed by atoms with van der Waals surface area (Å²) in [5, 5.41) is 12.1. The predicted octanol–water partition coefficient (Wildman–Crippen LogP) is 1.80. The van der Waals surface area contributed by atoms with Gasteiger partial charge in [0, 0.05) is 30.7 Å². The Balaban J connectivity index is 2.05. The molecule has 1 saturated heterocycles. The van der Waals surface area contributed by atoms with Gasteiger partial charge in [-0.2, -0.15) is 0 Å². The molecule has 6 nitrogen and oxygen atoms in total. The van der Waals surface area contributed by atoms with Crippen molar-refractivity contribution >= 4 is 27.6 Å². The molecule has 2 heterocycles. The van der Waals surface area contributed by atoms with Crippen molar-refractivity contribution < 1.29 is 5.21 Å². The molecule has 0 spiro atoms. The number of amidine groups is 1. The number of aromatic nitrogens is 1. The van der Waals surface area contributed by atoms with E-state index in [1.807, 2.05) is 32.9 Å². The van der Waals surface area contributed by atoms with Crippen LogP contribution in [-0.4, -0.2) is 52.6 Å². The largest absolute Gasteiger partial charge is 0.409 e. The Kier molecular flexibility index (Phi) is 4.73. The molecule has 116 valence electrons. The maximum Gasteiger partial charge on any atom is 0.159 e. The summed E-state index contributed by atoms with van der Waals surface area (Å²) in [5.74, 6) is 1.24. The highest BCUT2D eigenvalue weighted by atomic mass is 79.9. The van der Waals surface area contributed by atoms with Gasteiger partial charge in [-0.1, -0.05) is 5.16 Å². The number of nitrogens with zero attached hydrogens (tertiary/aromatic N) is 4. The molecule has 7 heteroatoms. The molecule has 0 saturated carbocycles. The Morgan fingerprint density at radius 1 is 1.33 bits per heavy atom. The molecule has 3 N–H and O–H groups in total. The van der Waals surface area contributed by atoms with E-state index >= 15 is 0 Å². The minimum Gasteiger partial charge on any atom is -0.409 e. The summed E-state index contributed by atoms with van der Waals surface area (Å²) < 4.78 is 1.03. The highest BCUT2D eigenvalue weighted by Crippen LogP contribution is 2.22. The van der Waals surface area contributed by atoms with Crippen molar-refractivity contribution in [2.24, 2.45) is 10.9 Å². The van der Waals surface area contributed by atoms with E-state index in [0.29, 0.717) is 0 Å². The molecule has 21 heavy (non-hydrogen) atoms. The van der Waals surface area contributed by atoms with Gasteiger partial charge in [-0.25, -0.2) is 4.98 Å². The third-order valence-electron chi connectivity index (χ3n) is 4.14. The van der Waals surface area contributed by atoms with Gasteiger partial charge in [0.05, 0.1) is 11.2 Å². The smallest absolute Gasteiger partial charge is 0.159 e. The third-order valence-corrected chi connectivity index (χ3v) is 4.97. The lowest BCUT2D eigenvalue weighted by molar-refractivity contribution is 0.161. The molecule has 2 rings (SSSR count). The number of nitrogens with two attached hydrogens (primary N) is 1. The number of pyridine rings is 1. The molecule has 0 aromatic carbocycles. The van der Waals surface area contributed by atoms with Crippen molar-refractivity contribution in [3.63, 3.8) is 0 Å². The third kappa shape index (κ3) is 3.29. The molecule has 0 radical (unpaired) electrons. The summed E-state index contributed by atoms with van der Waals surface area (Å²) >= 11 is 3.47. The number of hydrogen-bond acceptors (Lipinski definition) is 5. The van der Waals surface area contributed by atoms with E-state index in [1.54, 1.807) is 0 Å². The van der Waals surface area contributed by atoms with Crippen LogP contribution >= 0.6 is 15.9 Å². The van der Waals surface area contributed by atoms with E-state index < -0.39 is 5.54 Å². The van der Waals surface area contributed by atoms with Crippen molar-refractivity contribution in [2.75, 3.05) is 31.1 Å². The summed E-state index contributed by atoms with van der Waals surface area (Å²) in [6.45, 7) is 9.37. The van der Waals surface area contributed by atoms with E-state index in [9.17, 15) is 0 Å². The Morgan fingerprint density at radius 3 is 2.48 bits per heavy atom. The monoisotopic (exact) mass is 355 g/mol. The normalized spacial score (nSPS) is 18.1. The molecule has 1 aliphatic rings. The first-order chi connectivity index (χ1) is 9.86. The van der Waals surface area contributed by atoms with Gasteiger partial charge < -0.3 is 15.8 Å². The molecule has 0 atom stereocenters.